The third-order valence-corrected chi connectivity index (χ3v) is 3.01. The number of likely N-dealkylation sites (N-methyl/N-ethyl adjacent to an activating group) is 2. The van der Waals surface area contributed by atoms with Crippen molar-refractivity contribution in [3.63, 3.8) is 0 Å². The number of hydrogen-bond acceptors (Lipinski definition) is 3. The van der Waals surface area contributed by atoms with E-state index in [1.807, 2.05) is 14.1 Å². The van der Waals surface area contributed by atoms with E-state index in [2.05, 4.69) is 16.7 Å². The summed E-state index contributed by atoms with van der Waals surface area (Å²) in [7, 11) is 4.05. The predicted molar refractivity (Wildman–Crippen MR) is 50.8 cm³/mol. The van der Waals surface area contributed by atoms with Crippen molar-refractivity contribution in [2.24, 2.45) is 0 Å². The topological polar surface area (TPSA) is 43.8 Å². The molecule has 0 spiro atoms. The molecule has 0 aromatic heterocycles. The van der Waals surface area contributed by atoms with Crippen LogP contribution >= 0.6 is 0 Å². The zero-order valence-electron chi connectivity index (χ0n) is 8.53. The lowest BCUT2D eigenvalue weighted by Crippen LogP contribution is -2.56. The Labute approximate surface area is 79.1 Å². The fourth-order valence-electron chi connectivity index (χ4n) is 1.85. The Kier molecular flexibility index (Phi) is 3.27. The second-order valence-electron chi connectivity index (χ2n) is 3.87. The summed E-state index contributed by atoms with van der Waals surface area (Å²) in [5.41, 5.74) is 0. The van der Waals surface area contributed by atoms with Crippen LogP contribution in [-0.4, -0.2) is 60.1 Å². The number of nitrogens with zero attached hydrogens (tertiary/aromatic N) is 2. The first-order valence-electron chi connectivity index (χ1n) is 4.64. The Balaban J connectivity index is 2.60. The maximum atomic E-state index is 10.6. The smallest absolute Gasteiger partial charge is 0.304 e. The molecule has 0 bridgehead atoms. The SMILES string of the molecule is C[C@@H]1[C@H](CC(=O)O)N(C)CCN1C. The number of carboxylic acids is 1. The highest BCUT2D eigenvalue weighted by Gasteiger charge is 2.30. The summed E-state index contributed by atoms with van der Waals surface area (Å²) < 4.78 is 0. The van der Waals surface area contributed by atoms with Gasteiger partial charge in [-0.1, -0.05) is 0 Å². The largest absolute Gasteiger partial charge is 0.481 e. The van der Waals surface area contributed by atoms with Gasteiger partial charge in [0.15, 0.2) is 0 Å². The second kappa shape index (κ2) is 4.07. The van der Waals surface area contributed by atoms with Crippen LogP contribution in [0.2, 0.25) is 0 Å². The zero-order chi connectivity index (χ0) is 10.0. The number of aliphatic carboxylic acids is 1. The van der Waals surface area contributed by atoms with Gasteiger partial charge in [-0.2, -0.15) is 0 Å². The van der Waals surface area contributed by atoms with Gasteiger partial charge in [0.25, 0.3) is 0 Å². The van der Waals surface area contributed by atoms with Crippen LogP contribution in [0.15, 0.2) is 0 Å². The van der Waals surface area contributed by atoms with Crippen LogP contribution in [0.25, 0.3) is 0 Å². The van der Waals surface area contributed by atoms with E-state index in [9.17, 15) is 4.79 Å². The molecule has 4 nitrogen and oxygen atoms in total. The molecule has 0 aromatic carbocycles. The van der Waals surface area contributed by atoms with E-state index in [0.717, 1.165) is 13.1 Å². The fourth-order valence-corrected chi connectivity index (χ4v) is 1.85. The van der Waals surface area contributed by atoms with Crippen LogP contribution in [-0.2, 0) is 4.79 Å². The van der Waals surface area contributed by atoms with Crippen molar-refractivity contribution in [3.8, 4) is 0 Å². The van der Waals surface area contributed by atoms with Crippen molar-refractivity contribution < 1.29 is 9.90 Å². The van der Waals surface area contributed by atoms with Gasteiger partial charge in [-0.3, -0.25) is 4.79 Å². The van der Waals surface area contributed by atoms with Gasteiger partial charge in [0.1, 0.15) is 0 Å². The summed E-state index contributed by atoms with van der Waals surface area (Å²) in [6.45, 7) is 4.07. The van der Waals surface area contributed by atoms with E-state index in [1.54, 1.807) is 0 Å². The lowest BCUT2D eigenvalue weighted by Gasteiger charge is -2.42. The molecule has 1 fully saturated rings. The maximum absolute atomic E-state index is 10.6. The molecule has 2 atom stereocenters. The van der Waals surface area contributed by atoms with Crippen molar-refractivity contribution in [2.45, 2.75) is 25.4 Å². The molecule has 0 aromatic rings. The molecule has 1 N–H and O–H groups in total. The predicted octanol–water partition coefficient (Wildman–Crippen LogP) is 0.0954. The van der Waals surface area contributed by atoms with Crippen molar-refractivity contribution in [3.05, 3.63) is 0 Å². The first-order chi connectivity index (χ1) is 6.02. The molecule has 0 saturated carbocycles. The van der Waals surface area contributed by atoms with Crippen molar-refractivity contribution in [1.29, 1.82) is 0 Å². The quantitative estimate of drug-likeness (QED) is 0.664. The average Bonchev–Trinajstić information content (AvgIpc) is 2.05. The minimum absolute atomic E-state index is 0.149. The summed E-state index contributed by atoms with van der Waals surface area (Å²) in [4.78, 5) is 15.0. The van der Waals surface area contributed by atoms with Crippen LogP contribution in [0.4, 0.5) is 0 Å². The van der Waals surface area contributed by atoms with Gasteiger partial charge in [-0.15, -0.1) is 0 Å². The molecule has 1 aliphatic rings. The Morgan fingerprint density at radius 1 is 1.38 bits per heavy atom. The van der Waals surface area contributed by atoms with E-state index >= 15 is 0 Å². The highest BCUT2D eigenvalue weighted by atomic mass is 16.4. The summed E-state index contributed by atoms with van der Waals surface area (Å²) in [5, 5.41) is 8.74. The minimum atomic E-state index is -0.709. The van der Waals surface area contributed by atoms with Crippen LogP contribution in [0.3, 0.4) is 0 Å². The molecule has 76 valence electrons. The van der Waals surface area contributed by atoms with E-state index < -0.39 is 5.97 Å². The highest BCUT2D eigenvalue weighted by Crippen LogP contribution is 2.16. The molecule has 4 heteroatoms. The zero-order valence-corrected chi connectivity index (χ0v) is 8.53. The Morgan fingerprint density at radius 2 is 1.92 bits per heavy atom. The van der Waals surface area contributed by atoms with E-state index in [1.165, 1.54) is 0 Å². The van der Waals surface area contributed by atoms with Crippen molar-refractivity contribution in [2.75, 3.05) is 27.2 Å². The highest BCUT2D eigenvalue weighted by molar-refractivity contribution is 5.67. The number of carboxylic acid groups (broad SMARTS) is 1. The first kappa shape index (κ1) is 10.5. The standard InChI is InChI=1S/C9H18N2O2/c1-7-8(6-9(12)13)11(3)5-4-10(7)2/h7-8H,4-6H2,1-3H3,(H,12,13)/t7-,8+/m1/s1. The van der Waals surface area contributed by atoms with E-state index in [0.29, 0.717) is 6.04 Å². The van der Waals surface area contributed by atoms with Crippen LogP contribution in [0.5, 0.6) is 0 Å². The molecule has 1 aliphatic heterocycles. The molecule has 0 unspecified atom stereocenters. The van der Waals surface area contributed by atoms with Gasteiger partial charge in [-0.25, -0.2) is 0 Å². The van der Waals surface area contributed by atoms with E-state index in [-0.39, 0.29) is 12.5 Å². The second-order valence-corrected chi connectivity index (χ2v) is 3.87. The number of piperazine rings is 1. The molecule has 0 amide bonds. The van der Waals surface area contributed by atoms with Crippen LogP contribution in [0, 0.1) is 0 Å². The average molecular weight is 186 g/mol. The van der Waals surface area contributed by atoms with E-state index in [4.69, 9.17) is 5.11 Å². The molecule has 0 aliphatic carbocycles. The monoisotopic (exact) mass is 186 g/mol. The van der Waals surface area contributed by atoms with Gasteiger partial charge in [0.05, 0.1) is 6.42 Å². The first-order valence-corrected chi connectivity index (χ1v) is 4.64. The molecule has 1 rings (SSSR count). The van der Waals surface area contributed by atoms with Gasteiger partial charge < -0.3 is 14.9 Å². The lowest BCUT2D eigenvalue weighted by atomic mass is 10.0. The number of carbonyl (C=O) groups is 1. The Hall–Kier alpha value is -0.610. The molecular formula is C9H18N2O2. The van der Waals surface area contributed by atoms with Crippen LogP contribution < -0.4 is 0 Å². The summed E-state index contributed by atoms with van der Waals surface area (Å²) >= 11 is 0. The van der Waals surface area contributed by atoms with Gasteiger partial charge in [0, 0.05) is 25.2 Å². The molecule has 1 heterocycles. The number of hydrogen-bond donors (Lipinski definition) is 1. The van der Waals surface area contributed by atoms with Gasteiger partial charge in [-0.05, 0) is 21.0 Å². The van der Waals surface area contributed by atoms with Gasteiger partial charge in [0.2, 0.25) is 0 Å². The normalized spacial score (nSPS) is 31.9. The summed E-state index contributed by atoms with van der Waals surface area (Å²) in [5.74, 6) is -0.709. The maximum Gasteiger partial charge on any atom is 0.304 e. The molecular weight excluding hydrogens is 168 g/mol. The van der Waals surface area contributed by atoms with Gasteiger partial charge >= 0.3 is 5.97 Å². The Morgan fingerprint density at radius 3 is 2.46 bits per heavy atom. The third-order valence-electron chi connectivity index (χ3n) is 3.01. The minimum Gasteiger partial charge on any atom is -0.481 e. The lowest BCUT2D eigenvalue weighted by molar-refractivity contribution is -0.139. The molecule has 0 radical (unpaired) electrons. The fraction of sp³-hybridized carbons (Fsp3) is 0.889. The summed E-state index contributed by atoms with van der Waals surface area (Å²) in [6.07, 6.45) is 0.238. The Bertz CT molecular complexity index is 196. The number of rotatable bonds is 2. The van der Waals surface area contributed by atoms with Crippen molar-refractivity contribution in [1.82, 2.24) is 9.80 Å². The summed E-state index contributed by atoms with van der Waals surface area (Å²) in [6, 6.07) is 0.478. The third kappa shape index (κ3) is 2.42. The molecule has 13 heavy (non-hydrogen) atoms. The van der Waals surface area contributed by atoms with Crippen molar-refractivity contribution >= 4 is 5.97 Å². The van der Waals surface area contributed by atoms with Crippen LogP contribution in [0.1, 0.15) is 13.3 Å². The molecule has 1 saturated heterocycles.